The highest BCUT2D eigenvalue weighted by Crippen LogP contribution is 2.20. The average molecular weight is 328 g/mol. The summed E-state index contributed by atoms with van der Waals surface area (Å²) in [5.74, 6) is 0.153. The number of anilines is 3. The maximum absolute atomic E-state index is 11.9. The van der Waals surface area contributed by atoms with Crippen LogP contribution in [0.3, 0.4) is 0 Å². The summed E-state index contributed by atoms with van der Waals surface area (Å²) < 4.78 is 5.03. The number of nitrogens with one attached hydrogen (secondary N) is 2. The van der Waals surface area contributed by atoms with Gasteiger partial charge in [-0.15, -0.1) is 10.2 Å². The molecule has 0 spiro atoms. The minimum atomic E-state index is -0.408. The Morgan fingerprint density at radius 1 is 1.08 bits per heavy atom. The van der Waals surface area contributed by atoms with Crippen molar-refractivity contribution in [2.45, 2.75) is 20.8 Å². The molecule has 2 N–H and O–H groups in total. The molecule has 1 amide bonds. The van der Waals surface area contributed by atoms with Gasteiger partial charge in [-0.05, 0) is 31.2 Å². The number of benzene rings is 1. The first-order valence-corrected chi connectivity index (χ1v) is 7.69. The first-order valence-electron chi connectivity index (χ1n) is 7.69. The topological polar surface area (TPSA) is 93.2 Å². The number of hydrogen-bond acceptors (Lipinski definition) is 6. The molecule has 126 valence electrons. The number of carbonyl (C=O) groups is 2. The fraction of sp³-hybridized carbons (Fsp3) is 0.294. The van der Waals surface area contributed by atoms with Gasteiger partial charge in [-0.2, -0.15) is 0 Å². The van der Waals surface area contributed by atoms with E-state index in [0.717, 1.165) is 0 Å². The van der Waals surface area contributed by atoms with Crippen molar-refractivity contribution in [2.75, 3.05) is 17.2 Å². The van der Waals surface area contributed by atoms with Gasteiger partial charge in [0.05, 0.1) is 17.9 Å². The molecule has 2 aromatic rings. The Hall–Kier alpha value is -2.96. The number of esters is 1. The third kappa shape index (κ3) is 4.52. The number of aromatic nitrogens is 2. The molecule has 1 aromatic heterocycles. The minimum absolute atomic E-state index is 0.127. The summed E-state index contributed by atoms with van der Waals surface area (Å²) in [6.07, 6.45) is 0. The highest BCUT2D eigenvalue weighted by atomic mass is 16.5. The van der Waals surface area contributed by atoms with E-state index in [4.69, 9.17) is 4.74 Å². The zero-order chi connectivity index (χ0) is 17.5. The lowest BCUT2D eigenvalue weighted by molar-refractivity contribution is -0.118. The second-order valence-electron chi connectivity index (χ2n) is 5.34. The van der Waals surface area contributed by atoms with E-state index in [1.165, 1.54) is 0 Å². The summed E-state index contributed by atoms with van der Waals surface area (Å²) in [7, 11) is 0. The maximum atomic E-state index is 11.9. The first-order chi connectivity index (χ1) is 11.5. The molecule has 0 saturated carbocycles. The van der Waals surface area contributed by atoms with Gasteiger partial charge in [0, 0.05) is 5.92 Å². The Morgan fingerprint density at radius 2 is 1.75 bits per heavy atom. The largest absolute Gasteiger partial charge is 0.462 e. The Morgan fingerprint density at radius 3 is 2.38 bits per heavy atom. The molecule has 0 aliphatic heterocycles. The molecule has 7 heteroatoms. The molecule has 0 saturated heterocycles. The SMILES string of the molecule is CCOC(=O)c1ccccc1Nc1ccc(NC(=O)C(C)C)nn1. The number of nitrogens with zero attached hydrogens (tertiary/aromatic N) is 2. The molecule has 0 bridgehead atoms. The number of amides is 1. The zero-order valence-electron chi connectivity index (χ0n) is 13.9. The molecular weight excluding hydrogens is 308 g/mol. The van der Waals surface area contributed by atoms with Crippen LogP contribution in [0.2, 0.25) is 0 Å². The van der Waals surface area contributed by atoms with Crippen molar-refractivity contribution in [3.8, 4) is 0 Å². The number of hydrogen-bond donors (Lipinski definition) is 2. The molecule has 1 aromatic carbocycles. The van der Waals surface area contributed by atoms with Crippen LogP contribution in [0.15, 0.2) is 36.4 Å². The number of ether oxygens (including phenoxy) is 1. The lowest BCUT2D eigenvalue weighted by Gasteiger charge is -2.11. The third-order valence-corrected chi connectivity index (χ3v) is 3.13. The zero-order valence-corrected chi connectivity index (χ0v) is 13.9. The molecule has 0 fully saturated rings. The van der Waals surface area contributed by atoms with Gasteiger partial charge in [0.1, 0.15) is 0 Å². The van der Waals surface area contributed by atoms with Crippen LogP contribution in [0.1, 0.15) is 31.1 Å². The Balaban J connectivity index is 2.12. The third-order valence-electron chi connectivity index (χ3n) is 3.13. The summed E-state index contributed by atoms with van der Waals surface area (Å²) in [4.78, 5) is 23.6. The van der Waals surface area contributed by atoms with E-state index in [-0.39, 0.29) is 11.8 Å². The second kappa shape index (κ2) is 8.05. The molecule has 0 aliphatic rings. The van der Waals surface area contributed by atoms with Crippen LogP contribution in [-0.4, -0.2) is 28.7 Å². The number of rotatable bonds is 6. The van der Waals surface area contributed by atoms with Crippen molar-refractivity contribution in [1.82, 2.24) is 10.2 Å². The first kappa shape index (κ1) is 17.4. The highest BCUT2D eigenvalue weighted by molar-refractivity contribution is 5.96. The van der Waals surface area contributed by atoms with Crippen LogP contribution >= 0.6 is 0 Å². The number of para-hydroxylation sites is 1. The van der Waals surface area contributed by atoms with E-state index in [0.29, 0.717) is 29.5 Å². The molecule has 0 atom stereocenters. The van der Waals surface area contributed by atoms with Crippen molar-refractivity contribution in [3.05, 3.63) is 42.0 Å². The van der Waals surface area contributed by atoms with E-state index in [9.17, 15) is 9.59 Å². The normalized spacial score (nSPS) is 10.3. The lowest BCUT2D eigenvalue weighted by atomic mass is 10.2. The predicted molar refractivity (Wildman–Crippen MR) is 91.2 cm³/mol. The Labute approximate surface area is 140 Å². The number of carbonyl (C=O) groups excluding carboxylic acids is 2. The fourth-order valence-electron chi connectivity index (χ4n) is 1.85. The standard InChI is InChI=1S/C17H20N4O3/c1-4-24-17(23)12-7-5-6-8-13(12)18-14-9-10-15(21-20-14)19-16(22)11(2)3/h5-11H,4H2,1-3H3,(H,18,20)(H,19,21,22). The molecular formula is C17H20N4O3. The summed E-state index contributed by atoms with van der Waals surface area (Å²) in [6.45, 7) is 5.65. The quantitative estimate of drug-likeness (QED) is 0.792. The monoisotopic (exact) mass is 328 g/mol. The average Bonchev–Trinajstić information content (AvgIpc) is 2.57. The summed E-state index contributed by atoms with van der Waals surface area (Å²) in [5, 5.41) is 13.6. The second-order valence-corrected chi connectivity index (χ2v) is 5.34. The Bertz CT molecular complexity index is 714. The van der Waals surface area contributed by atoms with E-state index >= 15 is 0 Å². The van der Waals surface area contributed by atoms with Gasteiger partial charge in [0.25, 0.3) is 0 Å². The van der Waals surface area contributed by atoms with Crippen molar-refractivity contribution in [1.29, 1.82) is 0 Å². The molecule has 1 heterocycles. The van der Waals surface area contributed by atoms with Crippen LogP contribution in [0.4, 0.5) is 17.3 Å². The van der Waals surface area contributed by atoms with E-state index in [1.54, 1.807) is 57.2 Å². The van der Waals surface area contributed by atoms with E-state index in [2.05, 4.69) is 20.8 Å². The van der Waals surface area contributed by atoms with Gasteiger partial charge in [0.2, 0.25) is 5.91 Å². The van der Waals surface area contributed by atoms with Crippen molar-refractivity contribution < 1.29 is 14.3 Å². The van der Waals surface area contributed by atoms with Crippen molar-refractivity contribution in [2.24, 2.45) is 5.92 Å². The van der Waals surface area contributed by atoms with E-state index in [1.807, 2.05) is 0 Å². The van der Waals surface area contributed by atoms with Gasteiger partial charge in [-0.3, -0.25) is 4.79 Å². The predicted octanol–water partition coefficient (Wildman–Crippen LogP) is 2.99. The van der Waals surface area contributed by atoms with Crippen molar-refractivity contribution in [3.63, 3.8) is 0 Å². The van der Waals surface area contributed by atoms with Crippen LogP contribution in [0.5, 0.6) is 0 Å². The van der Waals surface area contributed by atoms with Gasteiger partial charge < -0.3 is 15.4 Å². The molecule has 0 unspecified atom stereocenters. The maximum Gasteiger partial charge on any atom is 0.340 e. The smallest absolute Gasteiger partial charge is 0.340 e. The Kier molecular flexibility index (Phi) is 5.83. The van der Waals surface area contributed by atoms with Crippen LogP contribution in [0, 0.1) is 5.92 Å². The molecule has 2 rings (SSSR count). The van der Waals surface area contributed by atoms with Crippen LogP contribution < -0.4 is 10.6 Å². The lowest BCUT2D eigenvalue weighted by Crippen LogP contribution is -2.18. The minimum Gasteiger partial charge on any atom is -0.462 e. The summed E-state index contributed by atoms with van der Waals surface area (Å²) in [6, 6.07) is 10.3. The van der Waals surface area contributed by atoms with Crippen LogP contribution in [-0.2, 0) is 9.53 Å². The van der Waals surface area contributed by atoms with Gasteiger partial charge in [0.15, 0.2) is 11.6 Å². The molecule has 0 radical (unpaired) electrons. The fourth-order valence-corrected chi connectivity index (χ4v) is 1.85. The molecule has 7 nitrogen and oxygen atoms in total. The van der Waals surface area contributed by atoms with Crippen LogP contribution in [0.25, 0.3) is 0 Å². The van der Waals surface area contributed by atoms with Gasteiger partial charge >= 0.3 is 5.97 Å². The van der Waals surface area contributed by atoms with E-state index < -0.39 is 5.97 Å². The highest BCUT2D eigenvalue weighted by Gasteiger charge is 2.13. The summed E-state index contributed by atoms with van der Waals surface area (Å²) >= 11 is 0. The van der Waals surface area contributed by atoms with Gasteiger partial charge in [-0.1, -0.05) is 26.0 Å². The molecule has 24 heavy (non-hydrogen) atoms. The van der Waals surface area contributed by atoms with Gasteiger partial charge in [-0.25, -0.2) is 4.79 Å². The molecule has 0 aliphatic carbocycles. The van der Waals surface area contributed by atoms with Crippen molar-refractivity contribution >= 4 is 29.2 Å². The summed E-state index contributed by atoms with van der Waals surface area (Å²) in [5.41, 5.74) is 0.988.